The number of anilines is 2. The Morgan fingerprint density at radius 2 is 2.03 bits per heavy atom. The van der Waals surface area contributed by atoms with Crippen molar-refractivity contribution in [3.63, 3.8) is 0 Å². The Balaban J connectivity index is 1.36. The number of benzene rings is 2. The zero-order valence-corrected chi connectivity index (χ0v) is 20.0. The summed E-state index contributed by atoms with van der Waals surface area (Å²) < 4.78 is 33.9. The van der Waals surface area contributed by atoms with Crippen LogP contribution in [-0.2, 0) is 26.0 Å². The van der Waals surface area contributed by atoms with E-state index in [9.17, 15) is 18.0 Å². The van der Waals surface area contributed by atoms with Gasteiger partial charge in [0.2, 0.25) is 21.8 Å². The predicted octanol–water partition coefficient (Wildman–Crippen LogP) is 2.91. The van der Waals surface area contributed by atoms with Gasteiger partial charge in [-0.3, -0.25) is 9.59 Å². The molecule has 1 aliphatic rings. The molecule has 0 bridgehead atoms. The Bertz CT molecular complexity index is 1340. The van der Waals surface area contributed by atoms with E-state index in [1.165, 1.54) is 24.3 Å². The van der Waals surface area contributed by atoms with Gasteiger partial charge >= 0.3 is 0 Å². The summed E-state index contributed by atoms with van der Waals surface area (Å²) in [7, 11) is -2.21. The number of fused-ring (bicyclic) bond motifs is 2. The largest absolute Gasteiger partial charge is 0.497 e. The number of carbonyl (C=O) groups excluding carboxylic acids is 2. The molecular formula is C22H24N4O5S2. The summed E-state index contributed by atoms with van der Waals surface area (Å²) in [5.74, 6) is 0.283. The number of hydrogen-bond donors (Lipinski definition) is 2. The van der Waals surface area contributed by atoms with Crippen LogP contribution in [0.2, 0.25) is 0 Å². The monoisotopic (exact) mass is 488 g/mol. The highest BCUT2D eigenvalue weighted by molar-refractivity contribution is 7.89. The lowest BCUT2D eigenvalue weighted by Gasteiger charge is -2.20. The van der Waals surface area contributed by atoms with Crippen LogP contribution in [0.25, 0.3) is 10.2 Å². The molecule has 1 aliphatic heterocycles. The van der Waals surface area contributed by atoms with Gasteiger partial charge in [-0.15, -0.1) is 0 Å². The molecule has 3 aromatic rings. The fourth-order valence-corrected chi connectivity index (χ4v) is 5.90. The van der Waals surface area contributed by atoms with Crippen LogP contribution in [0.1, 0.15) is 25.8 Å². The minimum atomic E-state index is -3.79. The lowest BCUT2D eigenvalue weighted by atomic mass is 10.1. The summed E-state index contributed by atoms with van der Waals surface area (Å²) in [5.41, 5.74) is 2.29. The molecule has 174 valence electrons. The third-order valence-corrected chi connectivity index (χ3v) is 7.79. The first-order chi connectivity index (χ1) is 15.7. The number of methoxy groups -OCH3 is 1. The van der Waals surface area contributed by atoms with Crippen LogP contribution in [0.15, 0.2) is 41.3 Å². The fraction of sp³-hybridized carbons (Fsp3) is 0.318. The number of rotatable bonds is 7. The van der Waals surface area contributed by atoms with Gasteiger partial charge in [-0.2, -0.15) is 0 Å². The molecule has 33 heavy (non-hydrogen) atoms. The second-order valence-corrected chi connectivity index (χ2v) is 10.6. The average Bonchev–Trinajstić information content (AvgIpc) is 3.31. The van der Waals surface area contributed by atoms with E-state index >= 15 is 0 Å². The lowest BCUT2D eigenvalue weighted by Crippen LogP contribution is -2.33. The standard InChI is InChI=1S/C22H24N4O5S2/c1-13-10-15-11-17(5-7-19(15)26(13)14(2)27)33(29,30)23-9-8-21(28)25-22-24-18-6-4-16(31-3)12-20(18)32-22/h4-7,11-13,23H,8-10H2,1-3H3,(H,24,25,28). The van der Waals surface area contributed by atoms with E-state index in [0.29, 0.717) is 17.3 Å². The molecule has 11 heteroatoms. The van der Waals surface area contributed by atoms with Crippen LogP contribution >= 0.6 is 11.3 Å². The molecule has 0 fully saturated rings. The SMILES string of the molecule is COc1ccc2nc(NC(=O)CCNS(=O)(=O)c3ccc4c(c3)CC(C)N4C(C)=O)sc2c1. The number of ether oxygens (including phenoxy) is 1. The van der Waals surface area contributed by atoms with Gasteiger partial charge < -0.3 is 15.0 Å². The minimum absolute atomic E-state index is 0.0179. The first-order valence-electron chi connectivity index (χ1n) is 10.3. The topological polar surface area (TPSA) is 118 Å². The average molecular weight is 489 g/mol. The van der Waals surface area contributed by atoms with E-state index in [-0.39, 0.29) is 35.7 Å². The number of hydrogen-bond acceptors (Lipinski definition) is 7. The van der Waals surface area contributed by atoms with Gasteiger partial charge in [-0.1, -0.05) is 11.3 Å². The first-order valence-corrected chi connectivity index (χ1v) is 12.6. The van der Waals surface area contributed by atoms with Crippen LogP contribution in [0.4, 0.5) is 10.8 Å². The van der Waals surface area contributed by atoms with Crippen molar-refractivity contribution >= 4 is 54.2 Å². The second-order valence-electron chi connectivity index (χ2n) is 7.78. The zero-order chi connectivity index (χ0) is 23.8. The summed E-state index contributed by atoms with van der Waals surface area (Å²) in [6.07, 6.45) is 0.549. The summed E-state index contributed by atoms with van der Waals surface area (Å²) in [6.45, 7) is 3.36. The molecule has 0 spiro atoms. The van der Waals surface area contributed by atoms with Crippen molar-refractivity contribution in [1.29, 1.82) is 0 Å². The Morgan fingerprint density at radius 1 is 1.24 bits per heavy atom. The Morgan fingerprint density at radius 3 is 2.76 bits per heavy atom. The maximum absolute atomic E-state index is 12.7. The van der Waals surface area contributed by atoms with E-state index in [1.807, 2.05) is 13.0 Å². The molecule has 1 aromatic heterocycles. The van der Waals surface area contributed by atoms with Crippen molar-refractivity contribution in [2.75, 3.05) is 23.9 Å². The van der Waals surface area contributed by atoms with Crippen molar-refractivity contribution in [2.24, 2.45) is 0 Å². The fourth-order valence-electron chi connectivity index (χ4n) is 3.90. The number of nitrogens with one attached hydrogen (secondary N) is 2. The molecule has 9 nitrogen and oxygen atoms in total. The van der Waals surface area contributed by atoms with E-state index < -0.39 is 10.0 Å². The van der Waals surface area contributed by atoms with Crippen molar-refractivity contribution in [2.45, 2.75) is 37.6 Å². The van der Waals surface area contributed by atoms with E-state index in [1.54, 1.807) is 36.3 Å². The Hall–Kier alpha value is -3.02. The molecule has 0 saturated carbocycles. The molecule has 2 heterocycles. The van der Waals surface area contributed by atoms with Crippen LogP contribution in [0.5, 0.6) is 5.75 Å². The molecule has 2 N–H and O–H groups in total. The maximum atomic E-state index is 12.7. The third kappa shape index (κ3) is 4.85. The summed E-state index contributed by atoms with van der Waals surface area (Å²) >= 11 is 1.31. The van der Waals surface area contributed by atoms with Crippen LogP contribution in [-0.4, -0.2) is 44.9 Å². The maximum Gasteiger partial charge on any atom is 0.240 e. The molecule has 4 rings (SSSR count). The predicted molar refractivity (Wildman–Crippen MR) is 127 cm³/mol. The smallest absolute Gasteiger partial charge is 0.240 e. The molecule has 1 atom stereocenters. The molecule has 0 aliphatic carbocycles. The van der Waals surface area contributed by atoms with Crippen LogP contribution in [0, 0.1) is 0 Å². The highest BCUT2D eigenvalue weighted by Crippen LogP contribution is 2.34. The third-order valence-electron chi connectivity index (χ3n) is 5.40. The van der Waals surface area contributed by atoms with Gasteiger partial charge in [0.05, 0.1) is 22.2 Å². The van der Waals surface area contributed by atoms with Crippen molar-refractivity contribution in [3.8, 4) is 5.75 Å². The number of thiazole rings is 1. The highest BCUT2D eigenvalue weighted by Gasteiger charge is 2.30. The molecule has 0 saturated heterocycles. The Kier molecular flexibility index (Phi) is 6.37. The Labute approximate surface area is 195 Å². The summed E-state index contributed by atoms with van der Waals surface area (Å²) in [5, 5.41) is 3.14. The molecule has 2 amide bonds. The highest BCUT2D eigenvalue weighted by atomic mass is 32.2. The van der Waals surface area contributed by atoms with Crippen molar-refractivity contribution in [3.05, 3.63) is 42.0 Å². The quantitative estimate of drug-likeness (QED) is 0.528. The summed E-state index contributed by atoms with van der Waals surface area (Å²) in [4.78, 5) is 30.3. The molecular weight excluding hydrogens is 464 g/mol. The van der Waals surface area contributed by atoms with Crippen molar-refractivity contribution in [1.82, 2.24) is 9.71 Å². The normalized spacial score (nSPS) is 15.5. The minimum Gasteiger partial charge on any atom is -0.497 e. The van der Waals surface area contributed by atoms with Gasteiger partial charge in [0.15, 0.2) is 5.13 Å². The number of amides is 2. The van der Waals surface area contributed by atoms with Gasteiger partial charge in [0, 0.05) is 31.6 Å². The lowest BCUT2D eigenvalue weighted by molar-refractivity contribution is -0.117. The first kappa shape index (κ1) is 23.1. The number of sulfonamides is 1. The molecule has 0 radical (unpaired) electrons. The number of carbonyl (C=O) groups is 2. The van der Waals surface area contributed by atoms with Crippen molar-refractivity contribution < 1.29 is 22.7 Å². The second kappa shape index (κ2) is 9.08. The van der Waals surface area contributed by atoms with E-state index in [4.69, 9.17) is 4.74 Å². The van der Waals surface area contributed by atoms with Gasteiger partial charge in [-0.25, -0.2) is 18.1 Å². The van der Waals surface area contributed by atoms with Gasteiger partial charge in [0.1, 0.15) is 5.75 Å². The number of aromatic nitrogens is 1. The van der Waals surface area contributed by atoms with Crippen LogP contribution < -0.4 is 19.7 Å². The van der Waals surface area contributed by atoms with Gasteiger partial charge in [-0.05, 0) is 55.3 Å². The van der Waals surface area contributed by atoms with Crippen LogP contribution in [0.3, 0.4) is 0 Å². The molecule has 1 unspecified atom stereocenters. The zero-order valence-electron chi connectivity index (χ0n) is 18.4. The van der Waals surface area contributed by atoms with E-state index in [2.05, 4.69) is 15.0 Å². The summed E-state index contributed by atoms with van der Waals surface area (Å²) in [6, 6.07) is 10.1. The number of nitrogens with zero attached hydrogens (tertiary/aromatic N) is 2. The van der Waals surface area contributed by atoms with E-state index in [0.717, 1.165) is 21.5 Å². The van der Waals surface area contributed by atoms with Gasteiger partial charge in [0.25, 0.3) is 0 Å². The molecule has 2 aromatic carbocycles.